The van der Waals surface area contributed by atoms with Gasteiger partial charge in [0.25, 0.3) is 5.91 Å². The van der Waals surface area contributed by atoms with Crippen molar-refractivity contribution in [3.63, 3.8) is 0 Å². The average molecular weight is 296 g/mol. The predicted molar refractivity (Wildman–Crippen MR) is 92.2 cm³/mol. The van der Waals surface area contributed by atoms with E-state index in [2.05, 4.69) is 17.6 Å². The van der Waals surface area contributed by atoms with E-state index in [-0.39, 0.29) is 11.9 Å². The molecule has 0 radical (unpaired) electrons. The molecule has 1 amide bonds. The van der Waals surface area contributed by atoms with E-state index >= 15 is 0 Å². The van der Waals surface area contributed by atoms with Gasteiger partial charge in [0.15, 0.2) is 0 Å². The second-order valence-electron chi connectivity index (χ2n) is 5.43. The molecule has 0 bridgehead atoms. The first-order valence-corrected chi connectivity index (χ1v) is 7.91. The van der Waals surface area contributed by atoms with Crippen LogP contribution in [0.25, 0.3) is 0 Å². The Balaban J connectivity index is 2.06. The lowest BCUT2D eigenvalue weighted by Gasteiger charge is -2.16. The summed E-state index contributed by atoms with van der Waals surface area (Å²) in [6.07, 6.45) is 2.22. The van der Waals surface area contributed by atoms with E-state index in [1.807, 2.05) is 61.5 Å². The van der Waals surface area contributed by atoms with Crippen molar-refractivity contribution >= 4 is 11.6 Å². The summed E-state index contributed by atoms with van der Waals surface area (Å²) in [6, 6.07) is 17.6. The predicted octanol–water partition coefficient (Wildman–Crippen LogP) is 4.39. The van der Waals surface area contributed by atoms with Crippen molar-refractivity contribution in [3.05, 3.63) is 65.7 Å². The van der Waals surface area contributed by atoms with Crippen LogP contribution < -0.4 is 10.6 Å². The molecule has 2 N–H and O–H groups in total. The number of rotatable bonds is 7. The SMILES string of the molecule is CCCCNc1ccccc1C(=O)N[C@H](C)c1ccccc1. The molecule has 0 unspecified atom stereocenters. The van der Waals surface area contributed by atoms with Gasteiger partial charge in [-0.2, -0.15) is 0 Å². The number of carbonyl (C=O) groups excluding carboxylic acids is 1. The molecule has 0 fully saturated rings. The lowest BCUT2D eigenvalue weighted by atomic mass is 10.1. The molecule has 0 saturated heterocycles. The van der Waals surface area contributed by atoms with E-state index in [1.54, 1.807) is 0 Å². The summed E-state index contributed by atoms with van der Waals surface area (Å²) >= 11 is 0. The zero-order chi connectivity index (χ0) is 15.8. The lowest BCUT2D eigenvalue weighted by Crippen LogP contribution is -2.27. The molecule has 0 aliphatic heterocycles. The first-order valence-electron chi connectivity index (χ1n) is 7.91. The fourth-order valence-corrected chi connectivity index (χ4v) is 2.33. The standard InChI is InChI=1S/C19H24N2O/c1-3-4-14-20-18-13-9-8-12-17(18)19(22)21-15(2)16-10-6-5-7-11-16/h5-13,15,20H,3-4,14H2,1-2H3,(H,21,22)/t15-/m1/s1. The number of anilines is 1. The molecule has 2 aromatic carbocycles. The minimum absolute atomic E-state index is 0.0163. The molecule has 0 aromatic heterocycles. The smallest absolute Gasteiger partial charge is 0.253 e. The van der Waals surface area contributed by atoms with E-state index in [1.165, 1.54) is 0 Å². The van der Waals surface area contributed by atoms with Gasteiger partial charge < -0.3 is 10.6 Å². The van der Waals surface area contributed by atoms with Crippen molar-refractivity contribution in [2.45, 2.75) is 32.7 Å². The molecule has 22 heavy (non-hydrogen) atoms. The summed E-state index contributed by atoms with van der Waals surface area (Å²) in [5.41, 5.74) is 2.70. The molecule has 116 valence electrons. The van der Waals surface area contributed by atoms with Crippen molar-refractivity contribution in [2.75, 3.05) is 11.9 Å². The third-order valence-electron chi connectivity index (χ3n) is 3.66. The summed E-state index contributed by atoms with van der Waals surface area (Å²) in [4.78, 5) is 12.5. The van der Waals surface area contributed by atoms with Gasteiger partial charge in [-0.1, -0.05) is 55.8 Å². The van der Waals surface area contributed by atoms with Crippen LogP contribution in [0.2, 0.25) is 0 Å². The molecule has 0 heterocycles. The molecule has 2 rings (SSSR count). The number of hydrogen-bond donors (Lipinski definition) is 2. The zero-order valence-electron chi connectivity index (χ0n) is 13.3. The van der Waals surface area contributed by atoms with E-state index in [9.17, 15) is 4.79 Å². The molecule has 0 saturated carbocycles. The highest BCUT2D eigenvalue weighted by Crippen LogP contribution is 2.18. The summed E-state index contributed by atoms with van der Waals surface area (Å²) in [5.74, 6) is -0.0454. The Hall–Kier alpha value is -2.29. The van der Waals surface area contributed by atoms with Crippen molar-refractivity contribution < 1.29 is 4.79 Å². The highest BCUT2D eigenvalue weighted by Gasteiger charge is 2.14. The summed E-state index contributed by atoms with van der Waals surface area (Å²) < 4.78 is 0. The average Bonchev–Trinajstić information content (AvgIpc) is 2.56. The molecule has 1 atom stereocenters. The Labute approximate surface area is 132 Å². The Morgan fingerprint density at radius 3 is 2.45 bits per heavy atom. The maximum absolute atomic E-state index is 12.5. The van der Waals surface area contributed by atoms with Crippen LogP contribution in [0.15, 0.2) is 54.6 Å². The van der Waals surface area contributed by atoms with Gasteiger partial charge in [0.2, 0.25) is 0 Å². The largest absolute Gasteiger partial charge is 0.384 e. The third kappa shape index (κ3) is 4.35. The molecule has 3 nitrogen and oxygen atoms in total. The van der Waals surface area contributed by atoms with E-state index in [0.717, 1.165) is 30.6 Å². The van der Waals surface area contributed by atoms with Gasteiger partial charge in [-0.05, 0) is 31.0 Å². The minimum atomic E-state index is -0.0454. The summed E-state index contributed by atoms with van der Waals surface area (Å²) in [6.45, 7) is 5.04. The van der Waals surface area contributed by atoms with Crippen molar-refractivity contribution in [2.24, 2.45) is 0 Å². The van der Waals surface area contributed by atoms with Crippen LogP contribution in [0, 0.1) is 0 Å². The van der Waals surface area contributed by atoms with E-state index in [4.69, 9.17) is 0 Å². The fraction of sp³-hybridized carbons (Fsp3) is 0.316. The second kappa shape index (κ2) is 8.23. The van der Waals surface area contributed by atoms with Crippen LogP contribution in [0.3, 0.4) is 0 Å². The summed E-state index contributed by atoms with van der Waals surface area (Å²) in [5, 5.41) is 6.41. The molecular formula is C19H24N2O. The maximum Gasteiger partial charge on any atom is 0.253 e. The van der Waals surface area contributed by atoms with Crippen molar-refractivity contribution in [1.82, 2.24) is 5.32 Å². The van der Waals surface area contributed by atoms with Gasteiger partial charge in [-0.3, -0.25) is 4.79 Å². The maximum atomic E-state index is 12.5. The fourth-order valence-electron chi connectivity index (χ4n) is 2.33. The number of para-hydroxylation sites is 1. The minimum Gasteiger partial charge on any atom is -0.384 e. The number of amides is 1. The third-order valence-corrected chi connectivity index (χ3v) is 3.66. The topological polar surface area (TPSA) is 41.1 Å². The Bertz CT molecular complexity index is 595. The first-order chi connectivity index (χ1) is 10.7. The monoisotopic (exact) mass is 296 g/mol. The Morgan fingerprint density at radius 1 is 1.05 bits per heavy atom. The molecule has 0 spiro atoms. The number of nitrogens with one attached hydrogen (secondary N) is 2. The molecular weight excluding hydrogens is 272 g/mol. The van der Waals surface area contributed by atoms with Crippen LogP contribution in [0.5, 0.6) is 0 Å². The Kier molecular flexibility index (Phi) is 6.01. The highest BCUT2D eigenvalue weighted by molar-refractivity contribution is 5.99. The quantitative estimate of drug-likeness (QED) is 0.744. The van der Waals surface area contributed by atoms with Gasteiger partial charge in [-0.25, -0.2) is 0 Å². The van der Waals surface area contributed by atoms with Gasteiger partial charge >= 0.3 is 0 Å². The van der Waals surface area contributed by atoms with E-state index in [0.29, 0.717) is 5.56 Å². The van der Waals surface area contributed by atoms with Crippen molar-refractivity contribution in [1.29, 1.82) is 0 Å². The zero-order valence-corrected chi connectivity index (χ0v) is 13.3. The van der Waals surface area contributed by atoms with Crippen LogP contribution in [0.4, 0.5) is 5.69 Å². The molecule has 0 aliphatic carbocycles. The first kappa shape index (κ1) is 16.1. The number of unbranched alkanes of at least 4 members (excludes halogenated alkanes) is 1. The molecule has 3 heteroatoms. The summed E-state index contributed by atoms with van der Waals surface area (Å²) in [7, 11) is 0. The molecule has 0 aliphatic rings. The molecule has 2 aromatic rings. The number of hydrogen-bond acceptors (Lipinski definition) is 2. The van der Waals surface area contributed by atoms with Crippen LogP contribution in [0.1, 0.15) is 48.7 Å². The normalized spacial score (nSPS) is 11.7. The van der Waals surface area contributed by atoms with Gasteiger partial charge in [0, 0.05) is 12.2 Å². The van der Waals surface area contributed by atoms with E-state index < -0.39 is 0 Å². The lowest BCUT2D eigenvalue weighted by molar-refractivity contribution is 0.0940. The van der Waals surface area contributed by atoms with Crippen molar-refractivity contribution in [3.8, 4) is 0 Å². The number of carbonyl (C=O) groups is 1. The Morgan fingerprint density at radius 2 is 1.73 bits per heavy atom. The van der Waals surface area contributed by atoms with Crippen LogP contribution in [-0.2, 0) is 0 Å². The van der Waals surface area contributed by atoms with Gasteiger partial charge in [0.1, 0.15) is 0 Å². The second-order valence-corrected chi connectivity index (χ2v) is 5.43. The van der Waals surface area contributed by atoms with Crippen LogP contribution >= 0.6 is 0 Å². The van der Waals surface area contributed by atoms with Gasteiger partial charge in [0.05, 0.1) is 11.6 Å². The van der Waals surface area contributed by atoms with Crippen LogP contribution in [-0.4, -0.2) is 12.5 Å². The van der Waals surface area contributed by atoms with Gasteiger partial charge in [-0.15, -0.1) is 0 Å². The number of benzene rings is 2. The highest BCUT2D eigenvalue weighted by atomic mass is 16.1.